The Morgan fingerprint density at radius 3 is 2.72 bits per heavy atom. The Kier molecular flexibility index (Phi) is 8.68. The number of amides is 1. The molecule has 2 aromatic rings. The lowest BCUT2D eigenvalue weighted by Gasteiger charge is -2.24. The van der Waals surface area contributed by atoms with E-state index < -0.39 is 5.97 Å². The van der Waals surface area contributed by atoms with Crippen LogP contribution in [0.5, 0.6) is 5.75 Å². The average molecular weight is 439 g/mol. The molecule has 0 atom stereocenters. The van der Waals surface area contributed by atoms with Gasteiger partial charge < -0.3 is 15.2 Å². The normalized spacial score (nSPS) is 16.0. The zero-order valence-corrected chi connectivity index (χ0v) is 19.2. The second-order valence-electron chi connectivity index (χ2n) is 8.67. The van der Waals surface area contributed by atoms with E-state index in [9.17, 15) is 9.59 Å². The highest BCUT2D eigenvalue weighted by molar-refractivity contribution is 5.78. The molecule has 172 valence electrons. The van der Waals surface area contributed by atoms with Crippen LogP contribution in [0.25, 0.3) is 0 Å². The van der Waals surface area contributed by atoms with Crippen LogP contribution in [0.1, 0.15) is 53.5 Å². The van der Waals surface area contributed by atoms with Gasteiger partial charge >= 0.3 is 5.97 Å². The SMILES string of the molecule is Cc1ccc(CN2CC(=O)NCCCCCOc3ccc(CCC(=O)O)cc3C2)c(C)c1. The molecule has 1 aliphatic heterocycles. The number of ether oxygens (including phenoxy) is 1. The number of nitrogens with zero attached hydrogens (tertiary/aromatic N) is 1. The summed E-state index contributed by atoms with van der Waals surface area (Å²) in [7, 11) is 0. The Morgan fingerprint density at radius 1 is 1.09 bits per heavy atom. The molecule has 2 N–H and O–H groups in total. The van der Waals surface area contributed by atoms with E-state index in [-0.39, 0.29) is 12.3 Å². The molecule has 0 aliphatic carbocycles. The number of carboxylic acids is 1. The molecule has 0 saturated heterocycles. The maximum Gasteiger partial charge on any atom is 0.303 e. The minimum Gasteiger partial charge on any atom is -0.493 e. The number of fused-ring (bicyclic) bond motifs is 1. The van der Waals surface area contributed by atoms with E-state index in [1.165, 1.54) is 16.7 Å². The van der Waals surface area contributed by atoms with Crippen molar-refractivity contribution in [3.63, 3.8) is 0 Å². The topological polar surface area (TPSA) is 78.9 Å². The fraction of sp³-hybridized carbons (Fsp3) is 0.462. The van der Waals surface area contributed by atoms with Crippen LogP contribution in [0.15, 0.2) is 36.4 Å². The Morgan fingerprint density at radius 2 is 1.94 bits per heavy atom. The number of carbonyl (C=O) groups is 2. The summed E-state index contributed by atoms with van der Waals surface area (Å²) >= 11 is 0. The van der Waals surface area contributed by atoms with Gasteiger partial charge in [-0.2, -0.15) is 0 Å². The molecule has 6 nitrogen and oxygen atoms in total. The number of carbonyl (C=O) groups excluding carboxylic acids is 1. The van der Waals surface area contributed by atoms with Gasteiger partial charge in [0.05, 0.1) is 13.2 Å². The van der Waals surface area contributed by atoms with Crippen LogP contribution in [-0.4, -0.2) is 41.6 Å². The number of carboxylic acid groups (broad SMARTS) is 1. The molecule has 0 saturated carbocycles. The fourth-order valence-electron chi connectivity index (χ4n) is 4.05. The molecule has 0 bridgehead atoms. The number of hydrogen-bond acceptors (Lipinski definition) is 4. The first-order valence-electron chi connectivity index (χ1n) is 11.4. The summed E-state index contributed by atoms with van der Waals surface area (Å²) in [4.78, 5) is 25.8. The first-order valence-corrected chi connectivity index (χ1v) is 11.4. The molecule has 1 heterocycles. The van der Waals surface area contributed by atoms with E-state index in [1.54, 1.807) is 0 Å². The molecular weight excluding hydrogens is 404 g/mol. The minimum absolute atomic E-state index is 0.0264. The molecule has 0 radical (unpaired) electrons. The van der Waals surface area contributed by atoms with Crippen LogP contribution in [0, 0.1) is 13.8 Å². The van der Waals surface area contributed by atoms with E-state index >= 15 is 0 Å². The quantitative estimate of drug-likeness (QED) is 0.738. The summed E-state index contributed by atoms with van der Waals surface area (Å²) in [6.07, 6.45) is 3.43. The first kappa shape index (κ1) is 23.8. The van der Waals surface area contributed by atoms with E-state index in [1.807, 2.05) is 18.2 Å². The van der Waals surface area contributed by atoms with Crippen molar-refractivity contribution < 1.29 is 19.4 Å². The van der Waals surface area contributed by atoms with Crippen LogP contribution < -0.4 is 10.1 Å². The fourth-order valence-corrected chi connectivity index (χ4v) is 4.05. The number of nitrogens with one attached hydrogen (secondary N) is 1. The standard InChI is InChI=1S/C26H34N2O4/c1-19-6-9-22(20(2)14-19)16-28-17-23-15-21(8-11-26(30)31)7-10-24(23)32-13-5-3-4-12-27-25(29)18-28/h6-7,9-10,14-15H,3-5,8,11-13,16-18H2,1-2H3,(H,27,29)(H,30,31). The molecule has 0 unspecified atom stereocenters. The van der Waals surface area contributed by atoms with Gasteiger partial charge in [0.25, 0.3) is 0 Å². The molecule has 3 rings (SSSR count). The van der Waals surface area contributed by atoms with Gasteiger partial charge in [-0.1, -0.05) is 35.9 Å². The predicted octanol–water partition coefficient (Wildman–Crippen LogP) is 4.00. The predicted molar refractivity (Wildman–Crippen MR) is 125 cm³/mol. The summed E-state index contributed by atoms with van der Waals surface area (Å²) in [6, 6.07) is 12.3. The van der Waals surface area contributed by atoms with Crippen molar-refractivity contribution in [1.29, 1.82) is 0 Å². The van der Waals surface area contributed by atoms with Crippen LogP contribution in [-0.2, 0) is 29.1 Å². The highest BCUT2D eigenvalue weighted by Crippen LogP contribution is 2.25. The largest absolute Gasteiger partial charge is 0.493 e. The van der Waals surface area contributed by atoms with Crippen LogP contribution >= 0.6 is 0 Å². The smallest absolute Gasteiger partial charge is 0.303 e. The summed E-state index contributed by atoms with van der Waals surface area (Å²) in [6.45, 7) is 7.00. The third-order valence-electron chi connectivity index (χ3n) is 5.81. The third kappa shape index (κ3) is 7.38. The van der Waals surface area contributed by atoms with Crippen molar-refractivity contribution in [1.82, 2.24) is 10.2 Å². The maximum atomic E-state index is 12.6. The number of rotatable bonds is 5. The average Bonchev–Trinajstić information content (AvgIpc) is 2.75. The molecule has 2 aromatic carbocycles. The summed E-state index contributed by atoms with van der Waals surface area (Å²) in [5.74, 6) is 0.0336. The molecule has 32 heavy (non-hydrogen) atoms. The second-order valence-corrected chi connectivity index (χ2v) is 8.67. The van der Waals surface area contributed by atoms with Gasteiger partial charge in [0.15, 0.2) is 0 Å². The highest BCUT2D eigenvalue weighted by Gasteiger charge is 2.17. The molecule has 1 aliphatic rings. The zero-order chi connectivity index (χ0) is 22.9. The second kappa shape index (κ2) is 11.7. The highest BCUT2D eigenvalue weighted by atomic mass is 16.5. The van der Waals surface area contributed by atoms with Gasteiger partial charge in [-0.15, -0.1) is 0 Å². The third-order valence-corrected chi connectivity index (χ3v) is 5.81. The summed E-state index contributed by atoms with van der Waals surface area (Å²) in [5.41, 5.74) is 5.58. The van der Waals surface area contributed by atoms with Crippen molar-refractivity contribution in [2.75, 3.05) is 19.7 Å². The lowest BCUT2D eigenvalue weighted by atomic mass is 10.0. The van der Waals surface area contributed by atoms with Gasteiger partial charge in [-0.05, 0) is 62.3 Å². The molecule has 6 heteroatoms. The Hall–Kier alpha value is -2.86. The molecule has 0 aromatic heterocycles. The lowest BCUT2D eigenvalue weighted by Crippen LogP contribution is -2.37. The van der Waals surface area contributed by atoms with Crippen molar-refractivity contribution in [3.05, 3.63) is 64.2 Å². The van der Waals surface area contributed by atoms with E-state index in [0.29, 0.717) is 39.2 Å². The zero-order valence-electron chi connectivity index (χ0n) is 19.2. The van der Waals surface area contributed by atoms with E-state index in [4.69, 9.17) is 9.84 Å². The van der Waals surface area contributed by atoms with E-state index in [0.717, 1.165) is 36.1 Å². The Labute approximate surface area is 190 Å². The Balaban J connectivity index is 1.88. The van der Waals surface area contributed by atoms with Crippen molar-refractivity contribution in [2.24, 2.45) is 0 Å². The monoisotopic (exact) mass is 438 g/mol. The van der Waals surface area contributed by atoms with Crippen molar-refractivity contribution in [3.8, 4) is 5.75 Å². The summed E-state index contributed by atoms with van der Waals surface area (Å²) < 4.78 is 6.10. The van der Waals surface area contributed by atoms with Crippen molar-refractivity contribution >= 4 is 11.9 Å². The van der Waals surface area contributed by atoms with E-state index in [2.05, 4.69) is 42.3 Å². The van der Waals surface area contributed by atoms with Crippen LogP contribution in [0.2, 0.25) is 0 Å². The molecule has 1 amide bonds. The van der Waals surface area contributed by atoms with Gasteiger partial charge in [0, 0.05) is 31.6 Å². The molecule has 0 spiro atoms. The van der Waals surface area contributed by atoms with Gasteiger partial charge in [0.1, 0.15) is 5.75 Å². The van der Waals surface area contributed by atoms with Gasteiger partial charge in [-0.25, -0.2) is 0 Å². The van der Waals surface area contributed by atoms with Gasteiger partial charge in [-0.3, -0.25) is 14.5 Å². The van der Waals surface area contributed by atoms with Gasteiger partial charge in [0.2, 0.25) is 5.91 Å². The number of aliphatic carboxylic acids is 1. The van der Waals surface area contributed by atoms with Crippen LogP contribution in [0.3, 0.4) is 0 Å². The minimum atomic E-state index is -0.807. The Bertz CT molecular complexity index is 941. The number of aryl methyl sites for hydroxylation is 3. The lowest BCUT2D eigenvalue weighted by molar-refractivity contribution is -0.137. The molecule has 0 fully saturated rings. The first-order chi connectivity index (χ1) is 15.4. The number of hydrogen-bond donors (Lipinski definition) is 2. The molecular formula is C26H34N2O4. The van der Waals surface area contributed by atoms with Crippen LogP contribution in [0.4, 0.5) is 0 Å². The van der Waals surface area contributed by atoms with Crippen molar-refractivity contribution in [2.45, 2.75) is 59.0 Å². The maximum absolute atomic E-state index is 12.6. The summed E-state index contributed by atoms with van der Waals surface area (Å²) in [5, 5.41) is 12.1. The number of benzene rings is 2.